The third-order valence-electron chi connectivity index (χ3n) is 3.40. The molecular formula is C16H17N3O4S. The molecule has 1 unspecified atom stereocenters. The highest BCUT2D eigenvalue weighted by molar-refractivity contribution is 7.99. The molecule has 2 heterocycles. The van der Waals surface area contributed by atoms with Crippen LogP contribution in [0, 0.1) is 0 Å². The van der Waals surface area contributed by atoms with E-state index in [-0.39, 0.29) is 17.8 Å². The number of carbonyl (C=O) groups excluding carboxylic acids is 1. The quantitative estimate of drug-likeness (QED) is 0.451. The minimum absolute atomic E-state index is 0.163. The fourth-order valence-electron chi connectivity index (χ4n) is 2.27. The van der Waals surface area contributed by atoms with Crippen LogP contribution < -0.4 is 9.47 Å². The maximum absolute atomic E-state index is 11.3. The van der Waals surface area contributed by atoms with E-state index in [9.17, 15) is 4.79 Å². The molecule has 0 N–H and O–H groups in total. The number of nitrogens with zero attached hydrogens (tertiary/aromatic N) is 3. The van der Waals surface area contributed by atoms with Crippen molar-refractivity contribution in [3.8, 4) is 11.5 Å². The zero-order valence-corrected chi connectivity index (χ0v) is 14.0. The molecule has 0 amide bonds. The second kappa shape index (κ2) is 7.39. The summed E-state index contributed by atoms with van der Waals surface area (Å²) in [6.07, 6.45) is 1.37. The highest BCUT2D eigenvalue weighted by atomic mass is 32.2. The monoisotopic (exact) mass is 347 g/mol. The normalized spacial score (nSPS) is 15.8. The summed E-state index contributed by atoms with van der Waals surface area (Å²) >= 11 is 1.26. The third kappa shape index (κ3) is 3.38. The average molecular weight is 347 g/mol. The van der Waals surface area contributed by atoms with Crippen LogP contribution in [0.15, 0.2) is 42.1 Å². The van der Waals surface area contributed by atoms with Crippen molar-refractivity contribution in [3.63, 3.8) is 0 Å². The molecule has 2 aromatic rings. The fourth-order valence-corrected chi connectivity index (χ4v) is 3.06. The Labute approximate surface area is 143 Å². The Morgan fingerprint density at radius 2 is 2.25 bits per heavy atom. The van der Waals surface area contributed by atoms with Gasteiger partial charge in [-0.1, -0.05) is 30.0 Å². The van der Waals surface area contributed by atoms with Gasteiger partial charge in [0.05, 0.1) is 12.9 Å². The number of hydrogen-bond acceptors (Lipinski definition) is 7. The minimum atomic E-state index is -0.375. The summed E-state index contributed by atoms with van der Waals surface area (Å²) in [5.74, 6) is 1.86. The first-order valence-electron chi connectivity index (χ1n) is 7.35. The van der Waals surface area contributed by atoms with Crippen LogP contribution in [0.5, 0.6) is 11.5 Å². The lowest BCUT2D eigenvalue weighted by atomic mass is 10.2. The van der Waals surface area contributed by atoms with E-state index >= 15 is 0 Å². The second-order valence-corrected chi connectivity index (χ2v) is 5.91. The first-order valence-corrected chi connectivity index (χ1v) is 8.33. The van der Waals surface area contributed by atoms with Gasteiger partial charge in [0.1, 0.15) is 6.61 Å². The summed E-state index contributed by atoms with van der Waals surface area (Å²) in [6, 6.07) is 7.49. The lowest BCUT2D eigenvalue weighted by Gasteiger charge is -2.26. The molecule has 0 saturated heterocycles. The van der Waals surface area contributed by atoms with Crippen molar-refractivity contribution in [2.45, 2.75) is 17.8 Å². The maximum atomic E-state index is 11.3. The second-order valence-electron chi connectivity index (χ2n) is 4.97. The predicted molar refractivity (Wildman–Crippen MR) is 88.3 cm³/mol. The van der Waals surface area contributed by atoms with Crippen LogP contribution in [0.4, 0.5) is 0 Å². The third-order valence-corrected chi connectivity index (χ3v) is 4.34. The van der Waals surface area contributed by atoms with Gasteiger partial charge in [0.25, 0.3) is 0 Å². The van der Waals surface area contributed by atoms with Gasteiger partial charge in [0.15, 0.2) is 28.6 Å². The highest BCUT2D eigenvalue weighted by Gasteiger charge is 2.28. The molecular weight excluding hydrogens is 330 g/mol. The molecule has 0 bridgehead atoms. The van der Waals surface area contributed by atoms with E-state index in [1.165, 1.54) is 18.9 Å². The maximum Gasteiger partial charge on any atom is 0.316 e. The van der Waals surface area contributed by atoms with Crippen LogP contribution in [-0.4, -0.2) is 40.2 Å². The van der Waals surface area contributed by atoms with E-state index < -0.39 is 0 Å². The van der Waals surface area contributed by atoms with Crippen molar-refractivity contribution >= 4 is 17.7 Å². The van der Waals surface area contributed by atoms with Crippen molar-refractivity contribution < 1.29 is 19.0 Å². The van der Waals surface area contributed by atoms with E-state index in [0.717, 1.165) is 0 Å². The number of thioether (sulfide) groups is 1. The Morgan fingerprint density at radius 1 is 1.46 bits per heavy atom. The van der Waals surface area contributed by atoms with Crippen LogP contribution >= 0.6 is 11.8 Å². The molecule has 0 spiro atoms. The van der Waals surface area contributed by atoms with Crippen LogP contribution in [0.25, 0.3) is 0 Å². The number of rotatable bonds is 6. The summed E-state index contributed by atoms with van der Waals surface area (Å²) < 4.78 is 18.2. The Kier molecular flexibility index (Phi) is 5.05. The molecule has 3 rings (SSSR count). The Balaban J connectivity index is 1.82. The number of para-hydroxylation sites is 2. The standard InChI is InChI=1S/C16H17N3O4S/c1-3-8-19-15(17-18-16(19)24-10-14(20)21-2)13-9-22-11-6-4-5-7-12(11)23-13/h3-7,13H,1,8-10H2,2H3. The topological polar surface area (TPSA) is 75.5 Å². The molecule has 1 atom stereocenters. The molecule has 126 valence electrons. The van der Waals surface area contributed by atoms with Gasteiger partial charge >= 0.3 is 5.97 Å². The number of benzene rings is 1. The lowest BCUT2D eigenvalue weighted by molar-refractivity contribution is -0.137. The van der Waals surface area contributed by atoms with Gasteiger partial charge in [-0.25, -0.2) is 0 Å². The van der Waals surface area contributed by atoms with Gasteiger partial charge in [0, 0.05) is 6.54 Å². The van der Waals surface area contributed by atoms with Crippen LogP contribution in [0.3, 0.4) is 0 Å². The summed E-state index contributed by atoms with van der Waals surface area (Å²) in [6.45, 7) is 4.61. The van der Waals surface area contributed by atoms with E-state index in [4.69, 9.17) is 9.47 Å². The predicted octanol–water partition coefficient (Wildman–Crippen LogP) is 2.24. The number of esters is 1. The Morgan fingerprint density at radius 3 is 3.00 bits per heavy atom. The van der Waals surface area contributed by atoms with Crippen molar-refractivity contribution in [3.05, 3.63) is 42.7 Å². The zero-order valence-electron chi connectivity index (χ0n) is 13.2. The molecule has 24 heavy (non-hydrogen) atoms. The number of hydrogen-bond donors (Lipinski definition) is 0. The zero-order chi connectivity index (χ0) is 16.9. The molecule has 8 heteroatoms. The molecule has 1 aliphatic heterocycles. The molecule has 0 saturated carbocycles. The number of allylic oxidation sites excluding steroid dienone is 1. The van der Waals surface area contributed by atoms with Crippen LogP contribution in [0.2, 0.25) is 0 Å². The van der Waals surface area contributed by atoms with Gasteiger partial charge in [-0.15, -0.1) is 16.8 Å². The van der Waals surface area contributed by atoms with Crippen LogP contribution in [-0.2, 0) is 16.1 Å². The summed E-state index contributed by atoms with van der Waals surface area (Å²) in [4.78, 5) is 11.3. The summed E-state index contributed by atoms with van der Waals surface area (Å²) in [5.41, 5.74) is 0. The average Bonchev–Trinajstić information content (AvgIpc) is 3.02. The summed E-state index contributed by atoms with van der Waals surface area (Å²) in [5, 5.41) is 8.99. The van der Waals surface area contributed by atoms with Gasteiger partial charge < -0.3 is 14.2 Å². The van der Waals surface area contributed by atoms with Crippen molar-refractivity contribution in [1.82, 2.24) is 14.8 Å². The van der Waals surface area contributed by atoms with E-state index in [0.29, 0.717) is 35.6 Å². The molecule has 0 radical (unpaired) electrons. The Hall–Kier alpha value is -2.48. The number of carbonyl (C=O) groups is 1. The van der Waals surface area contributed by atoms with E-state index in [1.54, 1.807) is 6.08 Å². The first kappa shape index (κ1) is 16.4. The summed E-state index contributed by atoms with van der Waals surface area (Å²) in [7, 11) is 1.35. The van der Waals surface area contributed by atoms with Crippen molar-refractivity contribution in [2.75, 3.05) is 19.5 Å². The van der Waals surface area contributed by atoms with Gasteiger partial charge in [-0.3, -0.25) is 9.36 Å². The number of aromatic nitrogens is 3. The van der Waals surface area contributed by atoms with Crippen LogP contribution in [0.1, 0.15) is 11.9 Å². The fraction of sp³-hybridized carbons (Fsp3) is 0.312. The highest BCUT2D eigenvalue weighted by Crippen LogP contribution is 2.36. The lowest BCUT2D eigenvalue weighted by Crippen LogP contribution is -2.25. The largest absolute Gasteiger partial charge is 0.485 e. The number of fused-ring (bicyclic) bond motifs is 1. The molecule has 1 aliphatic rings. The van der Waals surface area contributed by atoms with Gasteiger partial charge in [0.2, 0.25) is 0 Å². The molecule has 1 aromatic heterocycles. The molecule has 1 aromatic carbocycles. The SMILES string of the molecule is C=CCn1c(SCC(=O)OC)nnc1C1COc2ccccc2O1. The van der Waals surface area contributed by atoms with E-state index in [1.807, 2.05) is 28.8 Å². The van der Waals surface area contributed by atoms with Crippen molar-refractivity contribution in [2.24, 2.45) is 0 Å². The number of methoxy groups -OCH3 is 1. The van der Waals surface area contributed by atoms with Gasteiger partial charge in [-0.05, 0) is 12.1 Å². The first-order chi connectivity index (χ1) is 11.7. The van der Waals surface area contributed by atoms with Gasteiger partial charge in [-0.2, -0.15) is 0 Å². The van der Waals surface area contributed by atoms with E-state index in [2.05, 4.69) is 21.5 Å². The minimum Gasteiger partial charge on any atom is -0.485 e. The molecule has 0 aliphatic carbocycles. The Bertz CT molecular complexity index is 747. The smallest absolute Gasteiger partial charge is 0.316 e. The van der Waals surface area contributed by atoms with Crippen molar-refractivity contribution in [1.29, 1.82) is 0 Å². The molecule has 0 fully saturated rings. The molecule has 7 nitrogen and oxygen atoms in total. The number of ether oxygens (including phenoxy) is 3.